The van der Waals surface area contributed by atoms with E-state index in [2.05, 4.69) is 14.9 Å². The van der Waals surface area contributed by atoms with Crippen molar-refractivity contribution in [1.82, 2.24) is 19.8 Å². The van der Waals surface area contributed by atoms with E-state index in [-0.39, 0.29) is 34.9 Å². The van der Waals surface area contributed by atoms with Gasteiger partial charge in [-0.1, -0.05) is 0 Å². The van der Waals surface area contributed by atoms with Crippen molar-refractivity contribution in [3.8, 4) is 0 Å². The maximum Gasteiger partial charge on any atom is 0.256 e. The Bertz CT molecular complexity index is 887. The number of aromatic amines is 1. The van der Waals surface area contributed by atoms with E-state index in [9.17, 15) is 18.0 Å². The van der Waals surface area contributed by atoms with E-state index in [1.165, 1.54) is 0 Å². The first-order chi connectivity index (χ1) is 12.3. The fraction of sp³-hybridized carbons (Fsp3) is 0.706. The Morgan fingerprint density at radius 3 is 2.58 bits per heavy atom. The van der Waals surface area contributed by atoms with Gasteiger partial charge in [-0.3, -0.25) is 14.5 Å². The van der Waals surface area contributed by atoms with Crippen LogP contribution in [0.4, 0.5) is 0 Å². The smallest absolute Gasteiger partial charge is 0.256 e. The average Bonchev–Trinajstić information content (AvgIpc) is 3.17. The number of aromatic nitrogens is 2. The zero-order valence-corrected chi connectivity index (χ0v) is 15.7. The number of nitrogens with zero attached hydrogens (tertiary/aromatic N) is 3. The van der Waals surface area contributed by atoms with Crippen molar-refractivity contribution in [3.05, 3.63) is 27.4 Å². The molecule has 1 aromatic heterocycles. The third kappa shape index (κ3) is 3.29. The van der Waals surface area contributed by atoms with Crippen LogP contribution in [0.3, 0.4) is 0 Å². The van der Waals surface area contributed by atoms with Crippen molar-refractivity contribution in [2.45, 2.75) is 45.3 Å². The van der Waals surface area contributed by atoms with Gasteiger partial charge in [0.25, 0.3) is 5.56 Å². The van der Waals surface area contributed by atoms with Gasteiger partial charge in [-0.25, -0.2) is 13.4 Å². The summed E-state index contributed by atoms with van der Waals surface area (Å²) in [6, 6.07) is 0.109. The van der Waals surface area contributed by atoms with Crippen LogP contribution in [0.2, 0.25) is 0 Å². The number of H-pyrrole nitrogens is 1. The Morgan fingerprint density at radius 1 is 1.19 bits per heavy atom. The monoisotopic (exact) mass is 380 g/mol. The van der Waals surface area contributed by atoms with Gasteiger partial charge in [-0.15, -0.1) is 0 Å². The second kappa shape index (κ2) is 6.45. The predicted octanol–water partition coefficient (Wildman–Crippen LogP) is -0.180. The van der Waals surface area contributed by atoms with Crippen LogP contribution in [0.5, 0.6) is 0 Å². The molecule has 3 aliphatic heterocycles. The van der Waals surface area contributed by atoms with Gasteiger partial charge in [0.2, 0.25) is 5.91 Å². The summed E-state index contributed by atoms with van der Waals surface area (Å²) in [6.07, 6.45) is 2.19. The molecule has 0 bridgehead atoms. The molecule has 8 nitrogen and oxygen atoms in total. The molecule has 142 valence electrons. The number of hydrogen-bond acceptors (Lipinski definition) is 6. The Hall–Kier alpha value is -1.74. The van der Waals surface area contributed by atoms with E-state index in [4.69, 9.17) is 0 Å². The molecule has 0 spiro atoms. The van der Waals surface area contributed by atoms with Gasteiger partial charge >= 0.3 is 0 Å². The number of rotatable bonds is 2. The van der Waals surface area contributed by atoms with E-state index in [1.54, 1.807) is 11.8 Å². The van der Waals surface area contributed by atoms with Crippen LogP contribution in [-0.2, 0) is 27.7 Å². The number of piperidine rings is 1. The molecule has 2 fully saturated rings. The first kappa shape index (κ1) is 17.7. The van der Waals surface area contributed by atoms with Gasteiger partial charge in [0.05, 0.1) is 35.9 Å². The lowest BCUT2D eigenvalue weighted by atomic mass is 9.94. The summed E-state index contributed by atoms with van der Waals surface area (Å²) in [5.41, 5.74) is 1.14. The molecule has 4 heterocycles. The average molecular weight is 380 g/mol. The minimum Gasteiger partial charge on any atom is -0.332 e. The van der Waals surface area contributed by atoms with Crippen LogP contribution in [0.1, 0.15) is 36.3 Å². The number of nitrogens with one attached hydrogen (secondary N) is 1. The molecule has 3 aliphatic rings. The van der Waals surface area contributed by atoms with Crippen molar-refractivity contribution in [1.29, 1.82) is 0 Å². The lowest BCUT2D eigenvalue weighted by Gasteiger charge is -2.36. The molecule has 4 rings (SSSR count). The Balaban J connectivity index is 1.36. The van der Waals surface area contributed by atoms with Crippen molar-refractivity contribution in [3.63, 3.8) is 0 Å². The van der Waals surface area contributed by atoms with Gasteiger partial charge in [0, 0.05) is 12.0 Å². The SMILES string of the molecule is Cc1nc2c(c(=O)[nH]1)CN(C(=O)C1CCN([C@@H]3CCS(=O)(=O)C3)CC1)C2. The maximum absolute atomic E-state index is 12.9. The first-order valence-corrected chi connectivity index (χ1v) is 11.0. The number of fused-ring (bicyclic) bond motifs is 1. The van der Waals surface area contributed by atoms with Crippen LogP contribution >= 0.6 is 0 Å². The predicted molar refractivity (Wildman–Crippen MR) is 95.2 cm³/mol. The number of carbonyl (C=O) groups is 1. The molecular weight excluding hydrogens is 356 g/mol. The highest BCUT2D eigenvalue weighted by Crippen LogP contribution is 2.28. The summed E-state index contributed by atoms with van der Waals surface area (Å²) < 4.78 is 23.3. The summed E-state index contributed by atoms with van der Waals surface area (Å²) in [5.74, 6) is 1.13. The number of aryl methyl sites for hydroxylation is 1. The minimum absolute atomic E-state index is 0.0567. The van der Waals surface area contributed by atoms with Gasteiger partial charge in [-0.2, -0.15) is 0 Å². The molecule has 9 heteroatoms. The van der Waals surface area contributed by atoms with E-state index >= 15 is 0 Å². The first-order valence-electron chi connectivity index (χ1n) is 9.14. The number of hydrogen-bond donors (Lipinski definition) is 1. The van der Waals surface area contributed by atoms with E-state index < -0.39 is 9.84 Å². The topological polar surface area (TPSA) is 103 Å². The van der Waals surface area contributed by atoms with Gasteiger partial charge in [0.15, 0.2) is 9.84 Å². The Morgan fingerprint density at radius 2 is 1.92 bits per heavy atom. The van der Waals surface area contributed by atoms with Gasteiger partial charge < -0.3 is 9.88 Å². The van der Waals surface area contributed by atoms with Crippen molar-refractivity contribution >= 4 is 15.7 Å². The molecule has 0 aromatic carbocycles. The molecule has 1 aromatic rings. The van der Waals surface area contributed by atoms with Gasteiger partial charge in [-0.05, 0) is 39.3 Å². The zero-order chi connectivity index (χ0) is 18.5. The lowest BCUT2D eigenvalue weighted by Crippen LogP contribution is -2.45. The molecule has 0 saturated carbocycles. The molecular formula is C17H24N4O4S. The van der Waals surface area contributed by atoms with Crippen molar-refractivity contribution < 1.29 is 13.2 Å². The normalized spacial score (nSPS) is 26.2. The molecule has 1 atom stereocenters. The highest BCUT2D eigenvalue weighted by molar-refractivity contribution is 7.91. The summed E-state index contributed by atoms with van der Waals surface area (Å²) >= 11 is 0. The van der Waals surface area contributed by atoms with Crippen LogP contribution < -0.4 is 5.56 Å². The fourth-order valence-electron chi connectivity index (χ4n) is 4.38. The summed E-state index contributed by atoms with van der Waals surface area (Å²) in [6.45, 7) is 3.99. The number of carbonyl (C=O) groups excluding carboxylic acids is 1. The molecule has 2 saturated heterocycles. The summed E-state index contributed by atoms with van der Waals surface area (Å²) in [5, 5.41) is 0. The lowest BCUT2D eigenvalue weighted by molar-refractivity contribution is -0.137. The zero-order valence-electron chi connectivity index (χ0n) is 14.9. The highest BCUT2D eigenvalue weighted by atomic mass is 32.2. The van der Waals surface area contributed by atoms with Crippen LogP contribution in [0, 0.1) is 12.8 Å². The second-order valence-electron chi connectivity index (χ2n) is 7.64. The molecule has 0 aliphatic carbocycles. The minimum atomic E-state index is -2.88. The van der Waals surface area contributed by atoms with Crippen LogP contribution in [0.15, 0.2) is 4.79 Å². The van der Waals surface area contributed by atoms with Crippen LogP contribution in [-0.4, -0.2) is 64.7 Å². The third-order valence-corrected chi connectivity index (χ3v) is 7.57. The van der Waals surface area contributed by atoms with Gasteiger partial charge in [0.1, 0.15) is 5.82 Å². The van der Waals surface area contributed by atoms with E-state index in [1.807, 2.05) is 0 Å². The molecule has 1 N–H and O–H groups in total. The largest absolute Gasteiger partial charge is 0.332 e. The quantitative estimate of drug-likeness (QED) is 0.763. The second-order valence-corrected chi connectivity index (χ2v) is 9.87. The Labute approximate surface area is 152 Å². The summed E-state index contributed by atoms with van der Waals surface area (Å²) in [7, 11) is -2.88. The third-order valence-electron chi connectivity index (χ3n) is 5.82. The highest BCUT2D eigenvalue weighted by Gasteiger charge is 2.37. The van der Waals surface area contributed by atoms with Crippen molar-refractivity contribution in [2.24, 2.45) is 5.92 Å². The number of likely N-dealkylation sites (tertiary alicyclic amines) is 1. The molecule has 26 heavy (non-hydrogen) atoms. The number of amides is 1. The van der Waals surface area contributed by atoms with E-state index in [0.29, 0.717) is 36.6 Å². The standard InChI is InChI=1S/C17H24N4O4S/c1-11-18-15-9-21(8-14(15)16(22)19-11)17(23)12-2-5-20(6-3-12)13-4-7-26(24,25)10-13/h12-13H,2-10H2,1H3,(H,18,19,22)/t13-/m1/s1. The maximum atomic E-state index is 12.9. The molecule has 0 radical (unpaired) electrons. The number of sulfone groups is 1. The van der Waals surface area contributed by atoms with E-state index in [0.717, 1.165) is 25.9 Å². The van der Waals surface area contributed by atoms with Crippen LogP contribution in [0.25, 0.3) is 0 Å². The molecule has 0 unspecified atom stereocenters. The van der Waals surface area contributed by atoms with Crippen molar-refractivity contribution in [2.75, 3.05) is 24.6 Å². The molecule has 1 amide bonds. The fourth-order valence-corrected chi connectivity index (χ4v) is 6.14. The Kier molecular flexibility index (Phi) is 4.38. The summed E-state index contributed by atoms with van der Waals surface area (Å²) in [4.78, 5) is 35.9.